The number of esters is 1. The number of rotatable bonds is 3. The monoisotopic (exact) mass is 256 g/mol. The molecule has 4 nitrogen and oxygen atoms in total. The first-order valence-electron chi connectivity index (χ1n) is 5.79. The minimum atomic E-state index is -1.37. The zero-order valence-electron chi connectivity index (χ0n) is 10.3. The minimum Gasteiger partial charge on any atom is -0.430 e. The number of carbonyl (C=O) groups excluding carboxylic acids is 3. The summed E-state index contributed by atoms with van der Waals surface area (Å²) in [5.74, 6) is -3.07. The van der Waals surface area contributed by atoms with E-state index in [0.717, 1.165) is 5.56 Å². The molecule has 0 N–H and O–H groups in total. The molecule has 0 saturated heterocycles. The van der Waals surface area contributed by atoms with Crippen molar-refractivity contribution in [2.75, 3.05) is 0 Å². The van der Waals surface area contributed by atoms with Gasteiger partial charge in [-0.25, -0.2) is 0 Å². The Bertz CT molecular complexity index is 581. The highest BCUT2D eigenvalue weighted by molar-refractivity contribution is 6.25. The summed E-state index contributed by atoms with van der Waals surface area (Å²) < 4.78 is 4.79. The van der Waals surface area contributed by atoms with Crippen LogP contribution in [0.3, 0.4) is 0 Å². The molecule has 0 unspecified atom stereocenters. The van der Waals surface area contributed by atoms with Gasteiger partial charge >= 0.3 is 5.97 Å². The molecule has 1 aromatic rings. The SMILES string of the molecule is CC1=CC(=O)[C@H](C(=O)/C=C\c2ccccc2)C(=O)O1. The van der Waals surface area contributed by atoms with Crippen molar-refractivity contribution in [1.82, 2.24) is 0 Å². The van der Waals surface area contributed by atoms with Crippen LogP contribution in [-0.4, -0.2) is 17.5 Å². The maximum atomic E-state index is 11.9. The van der Waals surface area contributed by atoms with Crippen LogP contribution in [0.4, 0.5) is 0 Å². The van der Waals surface area contributed by atoms with E-state index in [2.05, 4.69) is 0 Å². The zero-order chi connectivity index (χ0) is 13.8. The van der Waals surface area contributed by atoms with Gasteiger partial charge in [-0.15, -0.1) is 0 Å². The van der Waals surface area contributed by atoms with Crippen LogP contribution in [0.1, 0.15) is 12.5 Å². The molecular weight excluding hydrogens is 244 g/mol. The Morgan fingerprint density at radius 3 is 2.53 bits per heavy atom. The molecule has 0 radical (unpaired) electrons. The molecule has 1 atom stereocenters. The second-order valence-electron chi connectivity index (χ2n) is 4.16. The molecule has 0 saturated carbocycles. The van der Waals surface area contributed by atoms with Gasteiger partial charge in [0.25, 0.3) is 0 Å². The van der Waals surface area contributed by atoms with Crippen LogP contribution in [-0.2, 0) is 19.1 Å². The lowest BCUT2D eigenvalue weighted by molar-refractivity contribution is -0.151. The van der Waals surface area contributed by atoms with Gasteiger partial charge in [0.05, 0.1) is 0 Å². The second kappa shape index (κ2) is 5.44. The quantitative estimate of drug-likeness (QED) is 0.471. The molecule has 0 amide bonds. The van der Waals surface area contributed by atoms with Crippen LogP contribution < -0.4 is 0 Å². The Kier molecular flexibility index (Phi) is 3.71. The molecule has 96 valence electrons. The van der Waals surface area contributed by atoms with Crippen molar-refractivity contribution in [2.24, 2.45) is 5.92 Å². The lowest BCUT2D eigenvalue weighted by atomic mass is 9.96. The predicted octanol–water partition coefficient (Wildman–Crippen LogP) is 1.91. The average molecular weight is 256 g/mol. The van der Waals surface area contributed by atoms with E-state index in [1.807, 2.05) is 30.3 Å². The molecule has 0 bridgehead atoms. The Morgan fingerprint density at radius 1 is 1.21 bits per heavy atom. The Hall–Kier alpha value is -2.49. The van der Waals surface area contributed by atoms with E-state index in [0.29, 0.717) is 0 Å². The number of cyclic esters (lactones) is 1. The van der Waals surface area contributed by atoms with Crippen molar-refractivity contribution in [3.63, 3.8) is 0 Å². The van der Waals surface area contributed by atoms with E-state index < -0.39 is 23.5 Å². The molecule has 0 aromatic heterocycles. The summed E-state index contributed by atoms with van der Waals surface area (Å²) in [6.07, 6.45) is 3.96. The van der Waals surface area contributed by atoms with Crippen LogP contribution >= 0.6 is 0 Å². The third kappa shape index (κ3) is 3.04. The predicted molar refractivity (Wildman–Crippen MR) is 68.8 cm³/mol. The van der Waals surface area contributed by atoms with Crippen molar-refractivity contribution in [3.8, 4) is 0 Å². The maximum Gasteiger partial charge on any atom is 0.329 e. The number of hydrogen-bond acceptors (Lipinski definition) is 4. The van der Waals surface area contributed by atoms with Crippen molar-refractivity contribution in [3.05, 3.63) is 53.8 Å². The topological polar surface area (TPSA) is 60.4 Å². The summed E-state index contributed by atoms with van der Waals surface area (Å²) in [5.41, 5.74) is 0.819. The summed E-state index contributed by atoms with van der Waals surface area (Å²) in [5, 5.41) is 0. The van der Waals surface area contributed by atoms with Crippen LogP contribution in [0.5, 0.6) is 0 Å². The van der Waals surface area contributed by atoms with Gasteiger partial charge in [0, 0.05) is 6.08 Å². The molecule has 1 aromatic carbocycles. The summed E-state index contributed by atoms with van der Waals surface area (Å²) in [6, 6.07) is 9.14. The van der Waals surface area contributed by atoms with E-state index in [-0.39, 0.29) is 5.76 Å². The van der Waals surface area contributed by atoms with Gasteiger partial charge in [0.2, 0.25) is 0 Å². The average Bonchev–Trinajstić information content (AvgIpc) is 2.36. The smallest absolute Gasteiger partial charge is 0.329 e. The van der Waals surface area contributed by atoms with E-state index in [1.165, 1.54) is 19.1 Å². The van der Waals surface area contributed by atoms with E-state index >= 15 is 0 Å². The highest BCUT2D eigenvalue weighted by Crippen LogP contribution is 2.16. The number of carbonyl (C=O) groups is 3. The first kappa shape index (κ1) is 13.0. The molecule has 0 aliphatic carbocycles. The van der Waals surface area contributed by atoms with Gasteiger partial charge in [-0.1, -0.05) is 36.4 Å². The number of allylic oxidation sites excluding steroid dienone is 3. The largest absolute Gasteiger partial charge is 0.430 e. The molecule has 0 fully saturated rings. The summed E-state index contributed by atoms with van der Waals surface area (Å²) in [7, 11) is 0. The summed E-state index contributed by atoms with van der Waals surface area (Å²) in [6.45, 7) is 1.50. The van der Waals surface area contributed by atoms with Gasteiger partial charge in [-0.2, -0.15) is 0 Å². The highest BCUT2D eigenvalue weighted by Gasteiger charge is 2.36. The van der Waals surface area contributed by atoms with E-state index in [9.17, 15) is 14.4 Å². The van der Waals surface area contributed by atoms with Gasteiger partial charge in [-0.05, 0) is 18.6 Å². The number of ketones is 2. The van der Waals surface area contributed by atoms with E-state index in [4.69, 9.17) is 4.74 Å². The van der Waals surface area contributed by atoms with Gasteiger partial charge in [0.1, 0.15) is 5.76 Å². The first-order chi connectivity index (χ1) is 9.08. The molecule has 2 rings (SSSR count). The van der Waals surface area contributed by atoms with Crippen LogP contribution in [0.2, 0.25) is 0 Å². The third-order valence-corrected chi connectivity index (χ3v) is 2.65. The zero-order valence-corrected chi connectivity index (χ0v) is 10.3. The van der Waals surface area contributed by atoms with Gasteiger partial charge in [0.15, 0.2) is 17.5 Å². The number of hydrogen-bond donors (Lipinski definition) is 0. The summed E-state index contributed by atoms with van der Waals surface area (Å²) in [4.78, 5) is 35.0. The third-order valence-electron chi connectivity index (χ3n) is 2.65. The normalized spacial score (nSPS) is 19.2. The standard InChI is InChI=1S/C15H12O4/c1-10-9-13(17)14(15(18)19-10)12(16)8-7-11-5-3-2-4-6-11/h2-9,14H,1H3/b8-7-/t14-/m0/s1. The van der Waals surface area contributed by atoms with Gasteiger partial charge < -0.3 is 4.74 Å². The molecule has 1 aliphatic heterocycles. The van der Waals surface area contributed by atoms with Crippen LogP contribution in [0, 0.1) is 5.92 Å². The Balaban J connectivity index is 2.15. The molecule has 1 heterocycles. The van der Waals surface area contributed by atoms with Crippen molar-refractivity contribution in [2.45, 2.75) is 6.92 Å². The number of ether oxygens (including phenoxy) is 1. The minimum absolute atomic E-state index is 0.214. The molecule has 0 spiro atoms. The van der Waals surface area contributed by atoms with Crippen molar-refractivity contribution in [1.29, 1.82) is 0 Å². The molecule has 4 heteroatoms. The molecule has 19 heavy (non-hydrogen) atoms. The Morgan fingerprint density at radius 2 is 1.89 bits per heavy atom. The van der Waals surface area contributed by atoms with Crippen molar-refractivity contribution < 1.29 is 19.1 Å². The van der Waals surface area contributed by atoms with Gasteiger partial charge in [-0.3, -0.25) is 14.4 Å². The number of benzene rings is 1. The lowest BCUT2D eigenvalue weighted by Crippen LogP contribution is -2.34. The fourth-order valence-electron chi connectivity index (χ4n) is 1.74. The van der Waals surface area contributed by atoms with Crippen LogP contribution in [0.25, 0.3) is 6.08 Å². The molecule has 1 aliphatic rings. The van der Waals surface area contributed by atoms with E-state index in [1.54, 1.807) is 6.08 Å². The lowest BCUT2D eigenvalue weighted by Gasteiger charge is -2.15. The molecular formula is C15H12O4. The fraction of sp³-hybridized carbons (Fsp3) is 0.133. The maximum absolute atomic E-state index is 11.9. The fourth-order valence-corrected chi connectivity index (χ4v) is 1.74. The Labute approximate surface area is 110 Å². The summed E-state index contributed by atoms with van der Waals surface area (Å²) >= 11 is 0. The first-order valence-corrected chi connectivity index (χ1v) is 5.79. The highest BCUT2D eigenvalue weighted by atomic mass is 16.5. The second-order valence-corrected chi connectivity index (χ2v) is 4.16. The van der Waals surface area contributed by atoms with Crippen molar-refractivity contribution >= 4 is 23.6 Å². The van der Waals surface area contributed by atoms with Crippen LogP contribution in [0.15, 0.2) is 48.2 Å².